The van der Waals surface area contributed by atoms with Crippen molar-refractivity contribution < 1.29 is 14.6 Å². The Labute approximate surface area is 130 Å². The van der Waals surface area contributed by atoms with Crippen LogP contribution in [0.15, 0.2) is 42.5 Å². The highest BCUT2D eigenvalue weighted by Crippen LogP contribution is 2.32. The minimum absolute atomic E-state index is 0.0902. The number of benzene rings is 2. The van der Waals surface area contributed by atoms with E-state index in [9.17, 15) is 9.90 Å². The molecule has 0 amide bonds. The highest BCUT2D eigenvalue weighted by molar-refractivity contribution is 6.99. The molecule has 0 aliphatic carbocycles. The largest absolute Gasteiger partial charge is 0.491 e. The SMILES string of the molecule is O=C1c2cc(-c3nsnc3O)ccc2COc2ccccc21. The number of aromatic hydroxyl groups is 1. The van der Waals surface area contributed by atoms with Crippen LogP contribution in [0, 0.1) is 0 Å². The van der Waals surface area contributed by atoms with Crippen LogP contribution in [0.1, 0.15) is 21.5 Å². The third kappa shape index (κ3) is 1.96. The van der Waals surface area contributed by atoms with Crippen molar-refractivity contribution in [3.63, 3.8) is 0 Å². The summed E-state index contributed by atoms with van der Waals surface area (Å²) >= 11 is 0.932. The first-order valence-electron chi connectivity index (χ1n) is 6.65. The molecule has 0 atom stereocenters. The van der Waals surface area contributed by atoms with Crippen LogP contribution in [-0.4, -0.2) is 19.6 Å². The summed E-state index contributed by atoms with van der Waals surface area (Å²) in [6, 6.07) is 12.6. The van der Waals surface area contributed by atoms with Crippen LogP contribution >= 0.6 is 11.7 Å². The molecule has 1 aliphatic heterocycles. The van der Waals surface area contributed by atoms with E-state index in [0.717, 1.165) is 17.3 Å². The lowest BCUT2D eigenvalue weighted by atomic mass is 9.96. The summed E-state index contributed by atoms with van der Waals surface area (Å²) in [5, 5.41) is 9.71. The molecule has 5 nitrogen and oxygen atoms in total. The van der Waals surface area contributed by atoms with Crippen molar-refractivity contribution in [2.75, 3.05) is 0 Å². The summed E-state index contributed by atoms with van der Waals surface area (Å²) in [5.74, 6) is 0.374. The van der Waals surface area contributed by atoms with Gasteiger partial charge in [-0.25, -0.2) is 0 Å². The molecule has 1 aromatic heterocycles. The number of ether oxygens (including phenoxy) is 1. The number of para-hydroxylation sites is 1. The van der Waals surface area contributed by atoms with Crippen molar-refractivity contribution in [2.24, 2.45) is 0 Å². The molecule has 0 saturated heterocycles. The fraction of sp³-hybridized carbons (Fsp3) is 0.0625. The van der Waals surface area contributed by atoms with E-state index in [4.69, 9.17) is 4.74 Å². The molecule has 0 saturated carbocycles. The quantitative estimate of drug-likeness (QED) is 0.748. The molecule has 4 rings (SSSR count). The Hall–Kier alpha value is -2.73. The third-order valence-corrected chi connectivity index (χ3v) is 4.13. The van der Waals surface area contributed by atoms with Gasteiger partial charge < -0.3 is 9.84 Å². The molecule has 108 valence electrons. The first-order valence-corrected chi connectivity index (χ1v) is 7.38. The predicted octanol–water partition coefficient (Wildman–Crippen LogP) is 3.03. The van der Waals surface area contributed by atoms with E-state index in [0.29, 0.717) is 34.7 Å². The molecule has 22 heavy (non-hydrogen) atoms. The van der Waals surface area contributed by atoms with Gasteiger partial charge in [-0.15, -0.1) is 4.37 Å². The molecule has 1 aliphatic rings. The summed E-state index contributed by atoms with van der Waals surface area (Å²) in [6.45, 7) is 0.333. The highest BCUT2D eigenvalue weighted by Gasteiger charge is 2.23. The van der Waals surface area contributed by atoms with E-state index in [1.807, 2.05) is 24.3 Å². The van der Waals surface area contributed by atoms with Crippen molar-refractivity contribution >= 4 is 17.5 Å². The Kier molecular flexibility index (Phi) is 2.90. The number of carbonyl (C=O) groups is 1. The van der Waals surface area contributed by atoms with Gasteiger partial charge in [-0.3, -0.25) is 4.79 Å². The van der Waals surface area contributed by atoms with Crippen LogP contribution < -0.4 is 4.74 Å². The Bertz CT molecular complexity index is 889. The Morgan fingerprint density at radius 1 is 1.09 bits per heavy atom. The molecule has 6 heteroatoms. The standard InChI is InChI=1S/C16H10N2O3S/c19-15-11-3-1-2-4-13(11)21-8-10-6-5-9(7-12(10)15)14-16(20)18-22-17-14/h1-7H,8H2,(H,18,20). The van der Waals surface area contributed by atoms with Crippen LogP contribution in [0.3, 0.4) is 0 Å². The molecule has 3 aromatic rings. The molecule has 0 fully saturated rings. The number of hydrogen-bond acceptors (Lipinski definition) is 6. The number of ketones is 1. The average Bonchev–Trinajstić information content (AvgIpc) is 2.92. The minimum Gasteiger partial charge on any atom is -0.491 e. The molecule has 0 spiro atoms. The van der Waals surface area contributed by atoms with Crippen LogP contribution in [0.25, 0.3) is 11.3 Å². The van der Waals surface area contributed by atoms with Crippen molar-refractivity contribution in [1.29, 1.82) is 0 Å². The zero-order chi connectivity index (χ0) is 15.1. The topological polar surface area (TPSA) is 72.3 Å². The monoisotopic (exact) mass is 310 g/mol. The lowest BCUT2D eigenvalue weighted by Gasteiger charge is -2.06. The molecule has 1 N–H and O–H groups in total. The second kappa shape index (κ2) is 4.92. The van der Waals surface area contributed by atoms with E-state index in [1.54, 1.807) is 18.2 Å². The number of fused-ring (bicyclic) bond motifs is 2. The second-order valence-corrected chi connectivity index (χ2v) is 5.45. The normalized spacial score (nSPS) is 13.0. The first kappa shape index (κ1) is 13.0. The summed E-state index contributed by atoms with van der Waals surface area (Å²) in [6.07, 6.45) is 0. The van der Waals surface area contributed by atoms with Crippen molar-refractivity contribution in [3.8, 4) is 22.9 Å². The van der Waals surface area contributed by atoms with Crippen molar-refractivity contribution in [1.82, 2.24) is 8.75 Å². The van der Waals surface area contributed by atoms with E-state index in [-0.39, 0.29) is 11.7 Å². The molecule has 2 heterocycles. The van der Waals surface area contributed by atoms with E-state index < -0.39 is 0 Å². The lowest BCUT2D eigenvalue weighted by molar-refractivity contribution is 0.103. The lowest BCUT2D eigenvalue weighted by Crippen LogP contribution is -2.03. The van der Waals surface area contributed by atoms with E-state index in [1.165, 1.54) is 0 Å². The smallest absolute Gasteiger partial charge is 0.251 e. The van der Waals surface area contributed by atoms with Crippen LogP contribution in [0.4, 0.5) is 0 Å². The Morgan fingerprint density at radius 2 is 1.95 bits per heavy atom. The zero-order valence-corrected chi connectivity index (χ0v) is 12.1. The maximum atomic E-state index is 12.8. The molecule has 0 bridgehead atoms. The zero-order valence-electron chi connectivity index (χ0n) is 11.3. The van der Waals surface area contributed by atoms with Gasteiger partial charge in [0.05, 0.1) is 17.3 Å². The van der Waals surface area contributed by atoms with Crippen molar-refractivity contribution in [2.45, 2.75) is 6.61 Å². The number of rotatable bonds is 1. The van der Waals surface area contributed by atoms with Crippen LogP contribution in [-0.2, 0) is 6.61 Å². The third-order valence-electron chi connectivity index (χ3n) is 3.61. The van der Waals surface area contributed by atoms with Crippen molar-refractivity contribution in [3.05, 3.63) is 59.2 Å². The van der Waals surface area contributed by atoms with Gasteiger partial charge in [-0.05, 0) is 18.2 Å². The fourth-order valence-electron chi connectivity index (χ4n) is 2.51. The molecule has 2 aromatic carbocycles. The Morgan fingerprint density at radius 3 is 2.77 bits per heavy atom. The second-order valence-electron chi connectivity index (χ2n) is 4.92. The number of carbonyl (C=O) groups excluding carboxylic acids is 1. The first-order chi connectivity index (χ1) is 10.7. The summed E-state index contributed by atoms with van der Waals surface area (Å²) < 4.78 is 13.5. The number of nitrogens with zero attached hydrogens (tertiary/aromatic N) is 2. The van der Waals surface area contributed by atoms with Gasteiger partial charge in [0.2, 0.25) is 0 Å². The molecule has 0 radical (unpaired) electrons. The van der Waals surface area contributed by atoms with Gasteiger partial charge in [0.1, 0.15) is 18.1 Å². The summed E-state index contributed by atoms with van der Waals surface area (Å²) in [7, 11) is 0. The number of aromatic nitrogens is 2. The fourth-order valence-corrected chi connectivity index (χ4v) is 2.98. The summed E-state index contributed by atoms with van der Waals surface area (Å²) in [5.41, 5.74) is 2.97. The molecular weight excluding hydrogens is 300 g/mol. The summed E-state index contributed by atoms with van der Waals surface area (Å²) in [4.78, 5) is 12.8. The molecular formula is C16H10N2O3S. The maximum absolute atomic E-state index is 12.8. The molecule has 0 unspecified atom stereocenters. The van der Waals surface area contributed by atoms with E-state index in [2.05, 4.69) is 8.75 Å². The van der Waals surface area contributed by atoms with Gasteiger partial charge >= 0.3 is 0 Å². The highest BCUT2D eigenvalue weighted by atomic mass is 32.1. The minimum atomic E-state index is -0.123. The van der Waals surface area contributed by atoms with Gasteiger partial charge in [-0.2, -0.15) is 4.37 Å². The predicted molar refractivity (Wildman–Crippen MR) is 81.2 cm³/mol. The van der Waals surface area contributed by atoms with Gasteiger partial charge in [-0.1, -0.05) is 24.3 Å². The maximum Gasteiger partial charge on any atom is 0.251 e. The van der Waals surface area contributed by atoms with Gasteiger partial charge in [0, 0.05) is 16.7 Å². The average molecular weight is 310 g/mol. The van der Waals surface area contributed by atoms with Gasteiger partial charge in [0.25, 0.3) is 5.88 Å². The van der Waals surface area contributed by atoms with Crippen LogP contribution in [0.2, 0.25) is 0 Å². The Balaban J connectivity index is 1.88. The van der Waals surface area contributed by atoms with E-state index >= 15 is 0 Å². The number of hydrogen-bond donors (Lipinski definition) is 1. The van der Waals surface area contributed by atoms with Crippen LogP contribution in [0.5, 0.6) is 11.6 Å². The van der Waals surface area contributed by atoms with Gasteiger partial charge in [0.15, 0.2) is 5.78 Å².